The van der Waals surface area contributed by atoms with E-state index in [9.17, 15) is 0 Å². The van der Waals surface area contributed by atoms with Crippen LogP contribution in [-0.2, 0) is 0 Å². The summed E-state index contributed by atoms with van der Waals surface area (Å²) in [6.45, 7) is 2.14. The molecule has 0 spiro atoms. The first kappa shape index (κ1) is 9.93. The molecule has 1 aromatic heterocycles. The molecule has 2 N–H and O–H groups in total. The normalized spacial score (nSPS) is 12.7. The van der Waals surface area contributed by atoms with Crippen molar-refractivity contribution in [2.45, 2.75) is 13.0 Å². The smallest absolute Gasteiger partial charge is 0.0924 e. The Kier molecular flexibility index (Phi) is 2.83. The summed E-state index contributed by atoms with van der Waals surface area (Å²) >= 11 is 0. The summed E-state index contributed by atoms with van der Waals surface area (Å²) in [6, 6.07) is 8.88. The highest BCUT2D eigenvalue weighted by Gasteiger charge is 2.03. The zero-order valence-electron chi connectivity index (χ0n) is 8.99. The van der Waals surface area contributed by atoms with Gasteiger partial charge in [0.05, 0.1) is 18.2 Å². The molecule has 0 aliphatic heterocycles. The highest BCUT2D eigenvalue weighted by atomic mass is 14.9. The summed E-state index contributed by atoms with van der Waals surface area (Å²) in [5.41, 5.74) is 3.51. The molecule has 1 atom stereocenters. The summed E-state index contributed by atoms with van der Waals surface area (Å²) in [7, 11) is 1.97. The molecule has 1 aromatic carbocycles. The van der Waals surface area contributed by atoms with E-state index in [-0.39, 0.29) is 0 Å². The van der Waals surface area contributed by atoms with E-state index in [0.29, 0.717) is 6.04 Å². The van der Waals surface area contributed by atoms with Gasteiger partial charge in [-0.05, 0) is 25.1 Å². The van der Waals surface area contributed by atoms with E-state index in [1.54, 1.807) is 6.33 Å². The Balaban J connectivity index is 2.25. The third-order valence-corrected chi connectivity index (χ3v) is 2.65. The molecule has 0 radical (unpaired) electrons. The summed E-state index contributed by atoms with van der Waals surface area (Å²) in [4.78, 5) is 7.09. The van der Waals surface area contributed by atoms with Crippen LogP contribution in [0.4, 0.5) is 0 Å². The largest absolute Gasteiger partial charge is 0.345 e. The molecule has 1 heterocycles. The number of hydrogen-bond donors (Lipinski definition) is 2. The molecule has 0 aliphatic rings. The second-order valence-electron chi connectivity index (χ2n) is 3.60. The lowest BCUT2D eigenvalue weighted by molar-refractivity contribution is 0.652. The van der Waals surface area contributed by atoms with Gasteiger partial charge in [-0.25, -0.2) is 4.98 Å². The van der Waals surface area contributed by atoms with Crippen LogP contribution in [0.3, 0.4) is 0 Å². The summed E-state index contributed by atoms with van der Waals surface area (Å²) in [5, 5.41) is 3.22. The number of nitrogens with zero attached hydrogens (tertiary/aromatic N) is 1. The Labute approximate surface area is 89.6 Å². The van der Waals surface area contributed by atoms with Crippen molar-refractivity contribution in [1.82, 2.24) is 15.3 Å². The van der Waals surface area contributed by atoms with Crippen LogP contribution in [0.1, 0.15) is 18.5 Å². The Morgan fingerprint density at radius 3 is 2.53 bits per heavy atom. The number of benzene rings is 1. The molecule has 0 saturated carbocycles. The van der Waals surface area contributed by atoms with E-state index in [1.807, 2.05) is 13.2 Å². The van der Waals surface area contributed by atoms with Crippen molar-refractivity contribution in [1.29, 1.82) is 0 Å². The maximum atomic E-state index is 4.00. The molecule has 0 fully saturated rings. The van der Waals surface area contributed by atoms with Crippen molar-refractivity contribution >= 4 is 0 Å². The molecular weight excluding hydrogens is 186 g/mol. The maximum absolute atomic E-state index is 4.00. The molecule has 3 nitrogen and oxygen atoms in total. The second kappa shape index (κ2) is 4.28. The minimum atomic E-state index is 0.390. The number of aromatic nitrogens is 2. The number of rotatable bonds is 3. The van der Waals surface area contributed by atoms with Gasteiger partial charge in [-0.15, -0.1) is 0 Å². The molecule has 0 saturated heterocycles. The molecule has 15 heavy (non-hydrogen) atoms. The molecule has 0 amide bonds. The van der Waals surface area contributed by atoms with Crippen molar-refractivity contribution in [3.8, 4) is 11.3 Å². The van der Waals surface area contributed by atoms with E-state index in [0.717, 1.165) is 5.69 Å². The molecular formula is C12H15N3. The van der Waals surface area contributed by atoms with Crippen molar-refractivity contribution < 1.29 is 0 Å². The van der Waals surface area contributed by atoms with Crippen LogP contribution in [0.2, 0.25) is 0 Å². The first-order valence-electron chi connectivity index (χ1n) is 5.07. The quantitative estimate of drug-likeness (QED) is 0.800. The number of aromatic amines is 1. The Morgan fingerprint density at radius 1 is 1.27 bits per heavy atom. The fraction of sp³-hybridized carbons (Fsp3) is 0.250. The number of H-pyrrole nitrogens is 1. The second-order valence-corrected chi connectivity index (χ2v) is 3.60. The van der Waals surface area contributed by atoms with Gasteiger partial charge in [-0.2, -0.15) is 0 Å². The van der Waals surface area contributed by atoms with Gasteiger partial charge in [0.2, 0.25) is 0 Å². The lowest BCUT2D eigenvalue weighted by Crippen LogP contribution is -2.11. The Hall–Kier alpha value is -1.61. The average molecular weight is 201 g/mol. The van der Waals surface area contributed by atoms with Crippen molar-refractivity contribution in [3.05, 3.63) is 42.4 Å². The van der Waals surface area contributed by atoms with E-state index in [1.165, 1.54) is 11.1 Å². The van der Waals surface area contributed by atoms with Gasteiger partial charge in [-0.1, -0.05) is 24.3 Å². The maximum Gasteiger partial charge on any atom is 0.0924 e. The molecule has 0 bridgehead atoms. The highest BCUT2D eigenvalue weighted by molar-refractivity contribution is 5.58. The molecule has 0 aliphatic carbocycles. The van der Waals surface area contributed by atoms with Crippen molar-refractivity contribution in [2.24, 2.45) is 0 Å². The van der Waals surface area contributed by atoms with E-state index >= 15 is 0 Å². The van der Waals surface area contributed by atoms with Gasteiger partial charge in [0.1, 0.15) is 0 Å². The van der Waals surface area contributed by atoms with Gasteiger partial charge < -0.3 is 10.3 Å². The number of hydrogen-bond acceptors (Lipinski definition) is 2. The topological polar surface area (TPSA) is 40.7 Å². The lowest BCUT2D eigenvalue weighted by Gasteiger charge is -2.10. The molecule has 3 heteroatoms. The van der Waals surface area contributed by atoms with E-state index in [2.05, 4.69) is 46.5 Å². The monoisotopic (exact) mass is 201 g/mol. The van der Waals surface area contributed by atoms with Crippen LogP contribution in [-0.4, -0.2) is 17.0 Å². The number of nitrogens with one attached hydrogen (secondary N) is 2. The van der Waals surface area contributed by atoms with Gasteiger partial charge in [0.15, 0.2) is 0 Å². The molecule has 2 rings (SSSR count). The summed E-state index contributed by atoms with van der Waals surface area (Å²) in [5.74, 6) is 0. The Bertz CT molecular complexity index is 403. The third kappa shape index (κ3) is 2.07. The summed E-state index contributed by atoms with van der Waals surface area (Å²) in [6.07, 6.45) is 3.52. The Morgan fingerprint density at radius 2 is 2.00 bits per heavy atom. The van der Waals surface area contributed by atoms with Gasteiger partial charge in [0, 0.05) is 6.04 Å². The minimum Gasteiger partial charge on any atom is -0.345 e. The van der Waals surface area contributed by atoms with Gasteiger partial charge in [-0.3, -0.25) is 0 Å². The first-order chi connectivity index (χ1) is 7.31. The van der Waals surface area contributed by atoms with Gasteiger partial charge in [0.25, 0.3) is 0 Å². The number of imidazole rings is 1. The zero-order chi connectivity index (χ0) is 10.7. The highest BCUT2D eigenvalue weighted by Crippen LogP contribution is 2.19. The van der Waals surface area contributed by atoms with Crippen LogP contribution < -0.4 is 5.32 Å². The van der Waals surface area contributed by atoms with Crippen molar-refractivity contribution in [3.63, 3.8) is 0 Å². The molecule has 78 valence electrons. The third-order valence-electron chi connectivity index (χ3n) is 2.65. The predicted molar refractivity (Wildman–Crippen MR) is 61.5 cm³/mol. The summed E-state index contributed by atoms with van der Waals surface area (Å²) < 4.78 is 0. The van der Waals surface area contributed by atoms with Crippen LogP contribution in [0.25, 0.3) is 11.3 Å². The average Bonchev–Trinajstić information content (AvgIpc) is 2.82. The zero-order valence-corrected chi connectivity index (χ0v) is 8.99. The fourth-order valence-corrected chi connectivity index (χ4v) is 1.53. The van der Waals surface area contributed by atoms with Crippen LogP contribution in [0, 0.1) is 0 Å². The SMILES string of the molecule is CNC(C)c1ccc(-c2cnc[nH]2)cc1. The van der Waals surface area contributed by atoms with Crippen LogP contribution in [0.15, 0.2) is 36.8 Å². The van der Waals surface area contributed by atoms with E-state index in [4.69, 9.17) is 0 Å². The standard InChI is InChI=1S/C12H15N3/c1-9(13-2)10-3-5-11(6-4-10)12-7-14-8-15-12/h3-9,13H,1-2H3,(H,14,15). The van der Waals surface area contributed by atoms with Gasteiger partial charge >= 0.3 is 0 Å². The van der Waals surface area contributed by atoms with Crippen LogP contribution >= 0.6 is 0 Å². The fourth-order valence-electron chi connectivity index (χ4n) is 1.53. The minimum absolute atomic E-state index is 0.390. The van der Waals surface area contributed by atoms with Crippen LogP contribution in [0.5, 0.6) is 0 Å². The predicted octanol–water partition coefficient (Wildman–Crippen LogP) is 2.36. The van der Waals surface area contributed by atoms with Crippen molar-refractivity contribution in [2.75, 3.05) is 7.05 Å². The van der Waals surface area contributed by atoms with E-state index < -0.39 is 0 Å². The molecule has 2 aromatic rings. The first-order valence-corrected chi connectivity index (χ1v) is 5.07. The molecule has 1 unspecified atom stereocenters. The lowest BCUT2D eigenvalue weighted by atomic mass is 10.1.